The van der Waals surface area contributed by atoms with Crippen molar-refractivity contribution < 1.29 is 19.1 Å². The lowest BCUT2D eigenvalue weighted by atomic mass is 10.2. The van der Waals surface area contributed by atoms with Gasteiger partial charge in [0.05, 0.1) is 6.54 Å². The molecule has 1 heterocycles. The Hall–Kier alpha value is -3.02. The molecule has 2 aromatic carbocycles. The largest absolute Gasteiger partial charge is 0.454 e. The van der Waals surface area contributed by atoms with E-state index in [1.165, 1.54) is 0 Å². The Morgan fingerprint density at radius 2 is 1.83 bits per heavy atom. The van der Waals surface area contributed by atoms with Crippen molar-refractivity contribution in [1.29, 1.82) is 0 Å². The summed E-state index contributed by atoms with van der Waals surface area (Å²) in [7, 11) is 1.70. The van der Waals surface area contributed by atoms with E-state index in [4.69, 9.17) is 9.47 Å². The maximum atomic E-state index is 12.2. The molecule has 0 spiro atoms. The minimum atomic E-state index is -0.263. The van der Waals surface area contributed by atoms with Gasteiger partial charge in [-0.15, -0.1) is 0 Å². The zero-order chi connectivity index (χ0) is 16.9. The van der Waals surface area contributed by atoms with Gasteiger partial charge in [0, 0.05) is 19.2 Å². The molecule has 6 nitrogen and oxygen atoms in total. The molecule has 24 heavy (non-hydrogen) atoms. The highest BCUT2D eigenvalue weighted by Crippen LogP contribution is 2.32. The van der Waals surface area contributed by atoms with Gasteiger partial charge >= 0.3 is 0 Å². The van der Waals surface area contributed by atoms with Crippen LogP contribution >= 0.6 is 0 Å². The quantitative estimate of drug-likeness (QED) is 0.910. The van der Waals surface area contributed by atoms with Gasteiger partial charge in [-0.2, -0.15) is 0 Å². The number of amides is 2. The predicted molar refractivity (Wildman–Crippen MR) is 87.8 cm³/mol. The van der Waals surface area contributed by atoms with E-state index in [2.05, 4.69) is 5.32 Å². The molecular weight excluding hydrogens is 308 g/mol. The molecule has 1 aliphatic rings. The van der Waals surface area contributed by atoms with Crippen molar-refractivity contribution in [2.75, 3.05) is 20.4 Å². The number of hydrogen-bond donors (Lipinski definition) is 1. The Kier molecular flexibility index (Phi) is 4.65. The van der Waals surface area contributed by atoms with Crippen LogP contribution in [0, 0.1) is 0 Å². The fraction of sp³-hybridized carbons (Fsp3) is 0.222. The average molecular weight is 326 g/mol. The lowest BCUT2D eigenvalue weighted by Crippen LogP contribution is -2.37. The van der Waals surface area contributed by atoms with Crippen LogP contribution in [0.2, 0.25) is 0 Å². The van der Waals surface area contributed by atoms with Crippen molar-refractivity contribution in [3.63, 3.8) is 0 Å². The van der Waals surface area contributed by atoms with Gasteiger partial charge in [-0.1, -0.05) is 24.3 Å². The van der Waals surface area contributed by atoms with Gasteiger partial charge in [0.15, 0.2) is 11.5 Å². The fourth-order valence-corrected chi connectivity index (χ4v) is 2.38. The van der Waals surface area contributed by atoms with Gasteiger partial charge in [-0.3, -0.25) is 9.59 Å². The highest BCUT2D eigenvalue weighted by molar-refractivity contribution is 5.96. The van der Waals surface area contributed by atoms with Gasteiger partial charge in [-0.05, 0) is 29.8 Å². The molecular formula is C18H18N2O4. The average Bonchev–Trinajstić information content (AvgIpc) is 3.07. The minimum absolute atomic E-state index is 0.0468. The molecule has 0 saturated carbocycles. The third-order valence-corrected chi connectivity index (χ3v) is 3.72. The summed E-state index contributed by atoms with van der Waals surface area (Å²) in [4.78, 5) is 25.7. The van der Waals surface area contributed by atoms with Crippen LogP contribution in [0.5, 0.6) is 11.5 Å². The van der Waals surface area contributed by atoms with Gasteiger partial charge in [0.1, 0.15) is 0 Å². The third-order valence-electron chi connectivity index (χ3n) is 3.72. The summed E-state index contributed by atoms with van der Waals surface area (Å²) < 4.78 is 10.6. The fourth-order valence-electron chi connectivity index (χ4n) is 2.38. The number of ether oxygens (including phenoxy) is 2. The maximum absolute atomic E-state index is 12.2. The zero-order valence-corrected chi connectivity index (χ0v) is 13.3. The van der Waals surface area contributed by atoms with Gasteiger partial charge < -0.3 is 19.7 Å². The lowest BCUT2D eigenvalue weighted by Gasteiger charge is -2.18. The molecule has 0 aromatic heterocycles. The van der Waals surface area contributed by atoms with Crippen molar-refractivity contribution in [2.45, 2.75) is 6.54 Å². The summed E-state index contributed by atoms with van der Waals surface area (Å²) in [6, 6.07) is 14.4. The molecule has 0 aliphatic carbocycles. The number of carbonyl (C=O) groups excluding carboxylic acids is 2. The number of benzene rings is 2. The maximum Gasteiger partial charge on any atom is 0.251 e. The van der Waals surface area contributed by atoms with Crippen LogP contribution in [0.25, 0.3) is 0 Å². The Bertz CT molecular complexity index is 746. The van der Waals surface area contributed by atoms with E-state index >= 15 is 0 Å². The van der Waals surface area contributed by atoms with Crippen LogP contribution in [-0.4, -0.2) is 37.1 Å². The van der Waals surface area contributed by atoms with E-state index in [0.717, 1.165) is 5.56 Å². The first-order chi connectivity index (χ1) is 11.6. The van der Waals surface area contributed by atoms with E-state index in [1.807, 2.05) is 24.3 Å². The lowest BCUT2D eigenvalue weighted by molar-refractivity contribution is -0.129. The molecule has 0 radical (unpaired) electrons. The van der Waals surface area contributed by atoms with E-state index in [0.29, 0.717) is 23.6 Å². The topological polar surface area (TPSA) is 67.9 Å². The SMILES string of the molecule is CN(Cc1ccc2c(c1)OCO2)C(=O)CNC(=O)c1ccccc1. The van der Waals surface area contributed by atoms with Crippen molar-refractivity contribution in [3.05, 3.63) is 59.7 Å². The second kappa shape index (κ2) is 7.04. The van der Waals surface area contributed by atoms with E-state index in [-0.39, 0.29) is 25.2 Å². The Balaban J connectivity index is 1.52. The second-order valence-corrected chi connectivity index (χ2v) is 5.49. The molecule has 0 unspecified atom stereocenters. The van der Waals surface area contributed by atoms with Gasteiger partial charge in [0.2, 0.25) is 12.7 Å². The first-order valence-electron chi connectivity index (χ1n) is 7.59. The number of carbonyl (C=O) groups is 2. The Morgan fingerprint density at radius 3 is 2.62 bits per heavy atom. The summed E-state index contributed by atoms with van der Waals surface area (Å²) in [5.74, 6) is 0.964. The highest BCUT2D eigenvalue weighted by atomic mass is 16.7. The Labute approximate surface area is 140 Å². The first-order valence-corrected chi connectivity index (χ1v) is 7.59. The number of hydrogen-bond acceptors (Lipinski definition) is 4. The molecule has 124 valence electrons. The molecule has 0 fully saturated rings. The number of fused-ring (bicyclic) bond motifs is 1. The van der Waals surface area contributed by atoms with Crippen molar-refractivity contribution in [1.82, 2.24) is 10.2 Å². The molecule has 0 saturated heterocycles. The molecule has 1 N–H and O–H groups in total. The van der Waals surface area contributed by atoms with Crippen LogP contribution in [0.3, 0.4) is 0 Å². The Morgan fingerprint density at radius 1 is 1.08 bits per heavy atom. The van der Waals surface area contributed by atoms with E-state index in [9.17, 15) is 9.59 Å². The normalized spacial score (nSPS) is 11.9. The zero-order valence-electron chi connectivity index (χ0n) is 13.3. The van der Waals surface area contributed by atoms with Gasteiger partial charge in [0.25, 0.3) is 5.91 Å². The first kappa shape index (κ1) is 15.9. The molecule has 6 heteroatoms. The monoisotopic (exact) mass is 326 g/mol. The number of nitrogens with one attached hydrogen (secondary N) is 1. The molecule has 2 amide bonds. The molecule has 3 rings (SSSR count). The van der Waals surface area contributed by atoms with Crippen LogP contribution in [0.4, 0.5) is 0 Å². The smallest absolute Gasteiger partial charge is 0.251 e. The predicted octanol–water partition coefficient (Wildman–Crippen LogP) is 1.80. The van der Waals surface area contributed by atoms with Crippen LogP contribution in [-0.2, 0) is 11.3 Å². The summed E-state index contributed by atoms with van der Waals surface area (Å²) >= 11 is 0. The highest BCUT2D eigenvalue weighted by Gasteiger charge is 2.16. The summed E-state index contributed by atoms with van der Waals surface area (Å²) in [6.07, 6.45) is 0. The minimum Gasteiger partial charge on any atom is -0.454 e. The standard InChI is InChI=1S/C18H18N2O4/c1-20(11-13-7-8-15-16(9-13)24-12-23-15)17(21)10-19-18(22)14-5-3-2-4-6-14/h2-9H,10-12H2,1H3,(H,19,22). The summed E-state index contributed by atoms with van der Waals surface area (Å²) in [5.41, 5.74) is 1.47. The molecule has 1 aliphatic heterocycles. The summed E-state index contributed by atoms with van der Waals surface area (Å²) in [5, 5.41) is 2.63. The second-order valence-electron chi connectivity index (χ2n) is 5.49. The number of nitrogens with zero attached hydrogens (tertiary/aromatic N) is 1. The van der Waals surface area contributed by atoms with Crippen molar-refractivity contribution in [2.24, 2.45) is 0 Å². The summed E-state index contributed by atoms with van der Waals surface area (Å²) in [6.45, 7) is 0.602. The van der Waals surface area contributed by atoms with E-state index in [1.54, 1.807) is 36.2 Å². The molecule has 0 bridgehead atoms. The van der Waals surface area contributed by atoms with Gasteiger partial charge in [-0.25, -0.2) is 0 Å². The van der Waals surface area contributed by atoms with Crippen molar-refractivity contribution in [3.8, 4) is 11.5 Å². The molecule has 2 aromatic rings. The van der Waals surface area contributed by atoms with E-state index < -0.39 is 0 Å². The number of likely N-dealkylation sites (N-methyl/N-ethyl adjacent to an activating group) is 1. The third kappa shape index (κ3) is 3.65. The van der Waals surface area contributed by atoms with Crippen LogP contribution in [0.15, 0.2) is 48.5 Å². The molecule has 0 atom stereocenters. The van der Waals surface area contributed by atoms with Crippen LogP contribution in [0.1, 0.15) is 15.9 Å². The number of rotatable bonds is 5. The van der Waals surface area contributed by atoms with Crippen molar-refractivity contribution >= 4 is 11.8 Å². The van der Waals surface area contributed by atoms with Crippen LogP contribution < -0.4 is 14.8 Å².